The molecular weight excluding hydrogens is 222 g/mol. The molecule has 0 amide bonds. The average Bonchev–Trinajstić information content (AvgIpc) is 2.40. The molecule has 1 aliphatic carbocycles. The first-order valence-electron chi connectivity index (χ1n) is 7.08. The topological polar surface area (TPSA) is 29.1 Å². The van der Waals surface area contributed by atoms with Crippen LogP contribution in [0.4, 0.5) is 0 Å². The molecule has 1 aromatic carbocycles. The summed E-state index contributed by atoms with van der Waals surface area (Å²) in [7, 11) is 0. The zero-order chi connectivity index (χ0) is 13.0. The summed E-state index contributed by atoms with van der Waals surface area (Å²) < 4.78 is 0. The van der Waals surface area contributed by atoms with E-state index >= 15 is 0 Å². The summed E-state index contributed by atoms with van der Waals surface area (Å²) in [6, 6.07) is 8.07. The van der Waals surface area contributed by atoms with E-state index in [9.17, 15) is 4.79 Å². The fourth-order valence-electron chi connectivity index (χ4n) is 2.79. The fourth-order valence-corrected chi connectivity index (χ4v) is 2.79. The van der Waals surface area contributed by atoms with Gasteiger partial charge in [0.1, 0.15) is 0 Å². The monoisotopic (exact) mass is 245 g/mol. The molecule has 1 N–H and O–H groups in total. The Morgan fingerprint density at radius 3 is 2.89 bits per heavy atom. The van der Waals surface area contributed by atoms with Gasteiger partial charge in [0, 0.05) is 18.0 Å². The molecule has 1 aromatic rings. The molecule has 2 nitrogen and oxygen atoms in total. The predicted octanol–water partition coefficient (Wildman–Crippen LogP) is 3.38. The van der Waals surface area contributed by atoms with Crippen molar-refractivity contribution >= 4 is 5.78 Å². The van der Waals surface area contributed by atoms with Crippen LogP contribution in [0.1, 0.15) is 54.9 Å². The van der Waals surface area contributed by atoms with Crippen LogP contribution < -0.4 is 5.32 Å². The Labute approximate surface area is 110 Å². The van der Waals surface area contributed by atoms with Crippen molar-refractivity contribution < 1.29 is 4.79 Å². The van der Waals surface area contributed by atoms with Gasteiger partial charge in [0.2, 0.25) is 0 Å². The van der Waals surface area contributed by atoms with Gasteiger partial charge in [-0.2, -0.15) is 0 Å². The van der Waals surface area contributed by atoms with E-state index in [1.807, 2.05) is 18.2 Å². The van der Waals surface area contributed by atoms with Crippen LogP contribution in [0, 0.1) is 5.92 Å². The minimum Gasteiger partial charge on any atom is -0.316 e. The largest absolute Gasteiger partial charge is 0.316 e. The maximum atomic E-state index is 12.4. The van der Waals surface area contributed by atoms with Gasteiger partial charge in [0.15, 0.2) is 5.78 Å². The fraction of sp³-hybridized carbons (Fsp3) is 0.562. The number of carbonyl (C=O) groups is 1. The van der Waals surface area contributed by atoms with Crippen molar-refractivity contribution in [3.05, 3.63) is 35.4 Å². The van der Waals surface area contributed by atoms with Crippen LogP contribution in [0.2, 0.25) is 0 Å². The van der Waals surface area contributed by atoms with Crippen molar-refractivity contribution in [2.45, 2.75) is 39.0 Å². The quantitative estimate of drug-likeness (QED) is 0.806. The molecule has 0 saturated carbocycles. The summed E-state index contributed by atoms with van der Waals surface area (Å²) in [5.74, 6) is 0.983. The molecule has 0 aliphatic heterocycles. The molecule has 0 spiro atoms. The number of hydrogen-bond donors (Lipinski definition) is 1. The molecule has 0 saturated heterocycles. The summed E-state index contributed by atoms with van der Waals surface area (Å²) in [6.07, 6.45) is 3.37. The number of benzene rings is 1. The first-order chi connectivity index (χ1) is 8.74. The van der Waals surface area contributed by atoms with Gasteiger partial charge in [-0.25, -0.2) is 0 Å². The lowest BCUT2D eigenvalue weighted by Gasteiger charge is -2.28. The maximum absolute atomic E-state index is 12.4. The van der Waals surface area contributed by atoms with Gasteiger partial charge in [-0.05, 0) is 30.9 Å². The Morgan fingerprint density at radius 2 is 2.11 bits per heavy atom. The third kappa shape index (κ3) is 2.81. The van der Waals surface area contributed by atoms with E-state index in [0.29, 0.717) is 11.7 Å². The molecule has 0 unspecified atom stereocenters. The molecular formula is C16H23NO. The van der Waals surface area contributed by atoms with E-state index in [1.165, 1.54) is 18.4 Å². The van der Waals surface area contributed by atoms with Crippen LogP contribution in [0.5, 0.6) is 0 Å². The number of ketones is 1. The van der Waals surface area contributed by atoms with Crippen molar-refractivity contribution in [2.24, 2.45) is 5.92 Å². The van der Waals surface area contributed by atoms with E-state index in [0.717, 1.165) is 25.1 Å². The second-order valence-electron chi connectivity index (χ2n) is 5.34. The van der Waals surface area contributed by atoms with Gasteiger partial charge >= 0.3 is 0 Å². The first kappa shape index (κ1) is 13.3. The summed E-state index contributed by atoms with van der Waals surface area (Å²) >= 11 is 0. The zero-order valence-electron chi connectivity index (χ0n) is 11.4. The van der Waals surface area contributed by atoms with E-state index in [4.69, 9.17) is 0 Å². The molecule has 0 radical (unpaired) electrons. The number of hydrogen-bond acceptors (Lipinski definition) is 2. The number of unbranched alkanes of at least 4 members (excludes halogenated alkanes) is 1. The predicted molar refractivity (Wildman–Crippen MR) is 75.1 cm³/mol. The zero-order valence-corrected chi connectivity index (χ0v) is 11.4. The number of nitrogens with one attached hydrogen (secondary N) is 1. The second kappa shape index (κ2) is 6.14. The summed E-state index contributed by atoms with van der Waals surface area (Å²) in [5.41, 5.74) is 2.17. The lowest BCUT2D eigenvalue weighted by Crippen LogP contribution is -2.33. The van der Waals surface area contributed by atoms with Crippen molar-refractivity contribution in [2.75, 3.05) is 13.1 Å². The smallest absolute Gasteiger partial charge is 0.167 e. The van der Waals surface area contributed by atoms with Crippen LogP contribution in [0.15, 0.2) is 24.3 Å². The highest BCUT2D eigenvalue weighted by Gasteiger charge is 2.30. The normalized spacial score (nSPS) is 22.9. The van der Waals surface area contributed by atoms with Gasteiger partial charge in [0.05, 0.1) is 0 Å². The van der Waals surface area contributed by atoms with Crippen molar-refractivity contribution in [3.63, 3.8) is 0 Å². The number of carbonyl (C=O) groups excluding carboxylic acids is 1. The third-order valence-corrected chi connectivity index (χ3v) is 3.86. The molecule has 98 valence electrons. The third-order valence-electron chi connectivity index (χ3n) is 3.86. The average molecular weight is 245 g/mol. The van der Waals surface area contributed by atoms with Crippen molar-refractivity contribution in [1.82, 2.24) is 5.32 Å². The van der Waals surface area contributed by atoms with Gasteiger partial charge in [-0.15, -0.1) is 0 Å². The minimum atomic E-state index is 0.159. The van der Waals surface area contributed by atoms with Crippen LogP contribution >= 0.6 is 0 Å². The van der Waals surface area contributed by atoms with Crippen LogP contribution in [0.3, 0.4) is 0 Å². The molecule has 18 heavy (non-hydrogen) atoms. The van der Waals surface area contributed by atoms with E-state index in [1.54, 1.807) is 0 Å². The van der Waals surface area contributed by atoms with Crippen LogP contribution in [0.25, 0.3) is 0 Å². The standard InChI is InChI=1S/C16H23NO/c1-3-4-9-17-11-13-10-12(2)14-7-5-6-8-15(14)16(13)18/h5-8,12-13,17H,3-4,9-11H2,1-2H3/t12-,13-/m0/s1. The summed E-state index contributed by atoms with van der Waals surface area (Å²) in [5, 5.41) is 3.42. The molecule has 1 aliphatic rings. The highest BCUT2D eigenvalue weighted by Crippen LogP contribution is 2.33. The number of rotatable bonds is 5. The maximum Gasteiger partial charge on any atom is 0.167 e. The van der Waals surface area contributed by atoms with Crippen molar-refractivity contribution in [3.8, 4) is 0 Å². The first-order valence-corrected chi connectivity index (χ1v) is 7.08. The summed E-state index contributed by atoms with van der Waals surface area (Å²) in [6.45, 7) is 6.27. The Bertz CT molecular complexity index is 413. The lowest BCUT2D eigenvalue weighted by atomic mass is 9.77. The van der Waals surface area contributed by atoms with Gasteiger partial charge in [-0.3, -0.25) is 4.79 Å². The summed E-state index contributed by atoms with van der Waals surface area (Å²) in [4.78, 5) is 12.4. The van der Waals surface area contributed by atoms with Gasteiger partial charge in [0.25, 0.3) is 0 Å². The van der Waals surface area contributed by atoms with Crippen LogP contribution in [-0.2, 0) is 0 Å². The number of fused-ring (bicyclic) bond motifs is 1. The molecule has 0 heterocycles. The van der Waals surface area contributed by atoms with Gasteiger partial charge in [-0.1, -0.05) is 44.5 Å². The lowest BCUT2D eigenvalue weighted by molar-refractivity contribution is 0.0893. The second-order valence-corrected chi connectivity index (χ2v) is 5.34. The number of Topliss-reactive ketones (excluding diaryl/α,β-unsaturated/α-hetero) is 1. The van der Waals surface area contributed by atoms with Gasteiger partial charge < -0.3 is 5.32 Å². The minimum absolute atomic E-state index is 0.159. The molecule has 2 heteroatoms. The Hall–Kier alpha value is -1.15. The SMILES string of the molecule is CCCCNC[C@@H]1C[C@H](C)c2ccccc2C1=O. The van der Waals surface area contributed by atoms with Crippen molar-refractivity contribution in [1.29, 1.82) is 0 Å². The molecule has 2 rings (SSSR count). The van der Waals surface area contributed by atoms with E-state index in [-0.39, 0.29) is 5.92 Å². The van der Waals surface area contributed by atoms with E-state index < -0.39 is 0 Å². The molecule has 2 atom stereocenters. The highest BCUT2D eigenvalue weighted by molar-refractivity contribution is 6.00. The Morgan fingerprint density at radius 1 is 1.33 bits per heavy atom. The molecule has 0 fully saturated rings. The molecule has 0 aromatic heterocycles. The van der Waals surface area contributed by atoms with E-state index in [2.05, 4.69) is 25.2 Å². The Balaban J connectivity index is 2.02. The van der Waals surface area contributed by atoms with Crippen LogP contribution in [-0.4, -0.2) is 18.9 Å². The molecule has 0 bridgehead atoms. The highest BCUT2D eigenvalue weighted by atomic mass is 16.1. The Kier molecular flexibility index (Phi) is 4.54.